The van der Waals surface area contributed by atoms with Crippen LogP contribution in [0.1, 0.15) is 13.3 Å². The van der Waals surface area contributed by atoms with Crippen molar-refractivity contribution < 1.29 is 4.79 Å². The number of hydrogen-bond donors (Lipinski definition) is 2. The number of halogens is 1. The Morgan fingerprint density at radius 1 is 1.24 bits per heavy atom. The molecule has 7 heteroatoms. The van der Waals surface area contributed by atoms with Crippen LogP contribution in [0.25, 0.3) is 0 Å². The van der Waals surface area contributed by atoms with E-state index in [1.807, 2.05) is 6.26 Å². The SMILES string of the molecule is CSCCC(N)C(=O)NCC(C)N1CCN(c2ccccc2)CC1.Cl. The smallest absolute Gasteiger partial charge is 0.237 e. The molecule has 1 aliphatic rings. The average Bonchev–Trinajstić information content (AvgIpc) is 2.64. The summed E-state index contributed by atoms with van der Waals surface area (Å²) in [5.41, 5.74) is 7.19. The Labute approximate surface area is 162 Å². The molecule has 1 amide bonds. The molecule has 1 aromatic carbocycles. The van der Waals surface area contributed by atoms with Gasteiger partial charge >= 0.3 is 0 Å². The highest BCUT2D eigenvalue weighted by Crippen LogP contribution is 2.16. The zero-order valence-corrected chi connectivity index (χ0v) is 16.8. The van der Waals surface area contributed by atoms with Gasteiger partial charge in [-0.15, -0.1) is 12.4 Å². The summed E-state index contributed by atoms with van der Waals surface area (Å²) in [6.07, 6.45) is 2.76. The predicted octanol–water partition coefficient (Wildman–Crippen LogP) is 1.82. The topological polar surface area (TPSA) is 61.6 Å². The lowest BCUT2D eigenvalue weighted by Gasteiger charge is -2.39. The molecule has 2 rings (SSSR count). The summed E-state index contributed by atoms with van der Waals surface area (Å²) < 4.78 is 0. The molecule has 1 heterocycles. The van der Waals surface area contributed by atoms with Gasteiger partial charge in [0, 0.05) is 44.5 Å². The van der Waals surface area contributed by atoms with Gasteiger partial charge in [0.25, 0.3) is 0 Å². The Balaban J connectivity index is 0.00000312. The summed E-state index contributed by atoms with van der Waals surface area (Å²) in [7, 11) is 0. The van der Waals surface area contributed by atoms with E-state index in [9.17, 15) is 4.79 Å². The summed E-state index contributed by atoms with van der Waals surface area (Å²) in [5, 5.41) is 3.00. The van der Waals surface area contributed by atoms with Gasteiger partial charge in [0.05, 0.1) is 6.04 Å². The molecule has 0 radical (unpaired) electrons. The van der Waals surface area contributed by atoms with E-state index in [4.69, 9.17) is 5.73 Å². The number of carbonyl (C=O) groups is 1. The second kappa shape index (κ2) is 11.6. The molecule has 142 valence electrons. The Morgan fingerprint density at radius 2 is 1.88 bits per heavy atom. The average molecular weight is 387 g/mol. The lowest BCUT2D eigenvalue weighted by atomic mass is 10.2. The van der Waals surface area contributed by atoms with E-state index in [1.165, 1.54) is 5.69 Å². The first-order valence-electron chi connectivity index (χ1n) is 8.68. The van der Waals surface area contributed by atoms with Gasteiger partial charge < -0.3 is 16.0 Å². The van der Waals surface area contributed by atoms with Crippen LogP contribution in [0.15, 0.2) is 30.3 Å². The minimum Gasteiger partial charge on any atom is -0.369 e. The zero-order chi connectivity index (χ0) is 17.4. The van der Waals surface area contributed by atoms with Crippen LogP contribution >= 0.6 is 24.2 Å². The van der Waals surface area contributed by atoms with Gasteiger partial charge in [-0.1, -0.05) is 18.2 Å². The summed E-state index contributed by atoms with van der Waals surface area (Å²) >= 11 is 1.72. The number of nitrogens with one attached hydrogen (secondary N) is 1. The number of para-hydroxylation sites is 1. The Bertz CT molecular complexity index is 497. The molecule has 3 N–H and O–H groups in total. The lowest BCUT2D eigenvalue weighted by molar-refractivity contribution is -0.122. The van der Waals surface area contributed by atoms with E-state index in [1.54, 1.807) is 11.8 Å². The van der Waals surface area contributed by atoms with E-state index in [0.717, 1.165) is 38.4 Å². The van der Waals surface area contributed by atoms with Gasteiger partial charge in [-0.3, -0.25) is 9.69 Å². The van der Waals surface area contributed by atoms with Crippen LogP contribution in [0.2, 0.25) is 0 Å². The molecule has 1 fully saturated rings. The minimum atomic E-state index is -0.389. The standard InChI is InChI=1S/C18H30N4OS.ClH/c1-15(14-20-18(23)17(19)8-13-24-2)21-9-11-22(12-10-21)16-6-4-3-5-7-16;/h3-7,15,17H,8-14,19H2,1-2H3,(H,20,23);1H. The van der Waals surface area contributed by atoms with Crippen LogP contribution in [-0.4, -0.2) is 67.6 Å². The normalized spacial score (nSPS) is 17.5. The molecule has 5 nitrogen and oxygen atoms in total. The number of rotatable bonds is 8. The maximum Gasteiger partial charge on any atom is 0.237 e. The van der Waals surface area contributed by atoms with Crippen LogP contribution in [0.5, 0.6) is 0 Å². The number of carbonyl (C=O) groups excluding carboxylic acids is 1. The van der Waals surface area contributed by atoms with Gasteiger partial charge in [0.2, 0.25) is 5.91 Å². The Hall–Kier alpha value is -0.950. The Kier molecular flexibility index (Phi) is 10.3. The highest BCUT2D eigenvalue weighted by atomic mass is 35.5. The fourth-order valence-corrected chi connectivity index (χ4v) is 3.43. The number of benzene rings is 1. The maximum atomic E-state index is 12.0. The fourth-order valence-electron chi connectivity index (χ4n) is 2.94. The summed E-state index contributed by atoms with van der Waals surface area (Å²) in [6.45, 7) is 6.92. The largest absolute Gasteiger partial charge is 0.369 e. The predicted molar refractivity (Wildman–Crippen MR) is 111 cm³/mol. The van der Waals surface area contributed by atoms with E-state index in [0.29, 0.717) is 12.6 Å². The molecule has 1 aromatic rings. The molecule has 2 atom stereocenters. The number of hydrogen-bond acceptors (Lipinski definition) is 5. The molecular weight excluding hydrogens is 356 g/mol. The van der Waals surface area contributed by atoms with Crippen molar-refractivity contribution in [3.05, 3.63) is 30.3 Å². The maximum absolute atomic E-state index is 12.0. The van der Waals surface area contributed by atoms with Crippen molar-refractivity contribution in [2.24, 2.45) is 5.73 Å². The third kappa shape index (κ3) is 7.05. The molecule has 0 spiro atoms. The second-order valence-electron chi connectivity index (χ2n) is 6.34. The minimum absolute atomic E-state index is 0. The number of amides is 1. The van der Waals surface area contributed by atoms with E-state index in [2.05, 4.69) is 52.4 Å². The molecule has 0 aromatic heterocycles. The van der Waals surface area contributed by atoms with Crippen molar-refractivity contribution in [2.45, 2.75) is 25.4 Å². The first-order valence-corrected chi connectivity index (χ1v) is 10.1. The third-order valence-corrected chi connectivity index (χ3v) is 5.24. The first kappa shape index (κ1) is 22.1. The Morgan fingerprint density at radius 3 is 2.48 bits per heavy atom. The molecule has 0 saturated carbocycles. The van der Waals surface area contributed by atoms with Crippen molar-refractivity contribution in [1.82, 2.24) is 10.2 Å². The van der Waals surface area contributed by atoms with Gasteiger partial charge in [0.15, 0.2) is 0 Å². The van der Waals surface area contributed by atoms with Crippen molar-refractivity contribution in [1.29, 1.82) is 0 Å². The molecule has 1 aliphatic heterocycles. The number of nitrogens with zero attached hydrogens (tertiary/aromatic N) is 2. The van der Waals surface area contributed by atoms with Gasteiger partial charge in [-0.25, -0.2) is 0 Å². The van der Waals surface area contributed by atoms with Gasteiger partial charge in [0.1, 0.15) is 0 Å². The number of piperazine rings is 1. The monoisotopic (exact) mass is 386 g/mol. The van der Waals surface area contributed by atoms with Crippen LogP contribution in [0.3, 0.4) is 0 Å². The van der Waals surface area contributed by atoms with Gasteiger partial charge in [-0.05, 0) is 37.5 Å². The molecule has 25 heavy (non-hydrogen) atoms. The first-order chi connectivity index (χ1) is 11.6. The molecule has 2 unspecified atom stereocenters. The third-order valence-electron chi connectivity index (χ3n) is 4.60. The molecule has 0 aliphatic carbocycles. The van der Waals surface area contributed by atoms with Crippen LogP contribution < -0.4 is 16.0 Å². The summed E-state index contributed by atoms with van der Waals surface area (Å²) in [5.74, 6) is 0.893. The van der Waals surface area contributed by atoms with Gasteiger partial charge in [-0.2, -0.15) is 11.8 Å². The van der Waals surface area contributed by atoms with E-state index in [-0.39, 0.29) is 24.4 Å². The van der Waals surface area contributed by atoms with Crippen LogP contribution in [0.4, 0.5) is 5.69 Å². The van der Waals surface area contributed by atoms with Crippen LogP contribution in [-0.2, 0) is 4.79 Å². The fraction of sp³-hybridized carbons (Fsp3) is 0.611. The van der Waals surface area contributed by atoms with Crippen molar-refractivity contribution >= 4 is 35.8 Å². The highest BCUT2D eigenvalue weighted by molar-refractivity contribution is 7.98. The van der Waals surface area contributed by atoms with E-state index < -0.39 is 0 Å². The lowest BCUT2D eigenvalue weighted by Crippen LogP contribution is -2.53. The summed E-state index contributed by atoms with van der Waals surface area (Å²) in [4.78, 5) is 16.9. The van der Waals surface area contributed by atoms with Crippen molar-refractivity contribution in [3.8, 4) is 0 Å². The number of anilines is 1. The molecular formula is C18H31ClN4OS. The van der Waals surface area contributed by atoms with Crippen LogP contribution in [0, 0.1) is 0 Å². The summed E-state index contributed by atoms with van der Waals surface area (Å²) in [6, 6.07) is 10.5. The number of nitrogens with two attached hydrogens (primary N) is 1. The highest BCUT2D eigenvalue weighted by Gasteiger charge is 2.22. The van der Waals surface area contributed by atoms with E-state index >= 15 is 0 Å². The molecule has 0 bridgehead atoms. The zero-order valence-electron chi connectivity index (χ0n) is 15.2. The van der Waals surface area contributed by atoms with Crippen molar-refractivity contribution in [2.75, 3.05) is 49.6 Å². The molecule has 1 saturated heterocycles. The second-order valence-corrected chi connectivity index (χ2v) is 7.33. The number of thioether (sulfide) groups is 1. The quantitative estimate of drug-likeness (QED) is 0.713. The van der Waals surface area contributed by atoms with Crippen molar-refractivity contribution in [3.63, 3.8) is 0 Å².